The molecule has 0 spiro atoms. The Morgan fingerprint density at radius 3 is 2.41 bits per heavy atom. The zero-order valence-electron chi connectivity index (χ0n) is 15.3. The van der Waals surface area contributed by atoms with Gasteiger partial charge in [0.25, 0.3) is 0 Å². The molecule has 0 radical (unpaired) electrons. The summed E-state index contributed by atoms with van der Waals surface area (Å²) in [6.45, 7) is 0.369. The molecule has 0 unspecified atom stereocenters. The first-order valence-corrected chi connectivity index (χ1v) is 10.5. The molecule has 2 fully saturated rings. The minimum absolute atomic E-state index is 0.0548. The Balaban J connectivity index is 1.75. The Bertz CT molecular complexity index is 850. The molecule has 0 aliphatic carbocycles. The second-order valence-electron chi connectivity index (χ2n) is 7.05. The van der Waals surface area contributed by atoms with Crippen LogP contribution < -0.4 is 5.32 Å². The molecule has 0 saturated carbocycles. The lowest BCUT2D eigenvalue weighted by Crippen LogP contribution is -2.60. The molecular weight excluding hydrogens is 414 g/mol. The number of hydrogen-bond acceptors (Lipinski definition) is 6. The van der Waals surface area contributed by atoms with Crippen LogP contribution in [0.15, 0.2) is 29.2 Å². The summed E-state index contributed by atoms with van der Waals surface area (Å²) < 4.78 is 64.8. The van der Waals surface area contributed by atoms with Gasteiger partial charge in [0.2, 0.25) is 15.9 Å². The second kappa shape index (κ2) is 8.22. The number of piperazine rings is 1. The van der Waals surface area contributed by atoms with Crippen LogP contribution >= 0.6 is 0 Å². The number of alkyl halides is 3. The maximum atomic E-state index is 12.8. The molecule has 0 aromatic heterocycles. The fraction of sp³-hybridized carbons (Fsp3) is 0.562. The van der Waals surface area contributed by atoms with Gasteiger partial charge in [-0.2, -0.15) is 17.5 Å². The molecule has 3 N–H and O–H groups in total. The van der Waals surface area contributed by atoms with Crippen molar-refractivity contribution in [2.24, 2.45) is 0 Å². The quantitative estimate of drug-likeness (QED) is 0.559. The lowest BCUT2D eigenvalue weighted by Gasteiger charge is -2.35. The van der Waals surface area contributed by atoms with Crippen LogP contribution in [-0.2, 0) is 21.0 Å². The number of sulfonamides is 1. The van der Waals surface area contributed by atoms with E-state index in [0.717, 1.165) is 16.4 Å². The molecule has 1 aromatic carbocycles. The minimum Gasteiger partial charge on any atom is -0.426 e. The largest absolute Gasteiger partial charge is 0.475 e. The number of amides is 1. The number of benzene rings is 1. The third-order valence-corrected chi connectivity index (χ3v) is 7.06. The van der Waals surface area contributed by atoms with Crippen LogP contribution in [0, 0.1) is 0 Å². The maximum absolute atomic E-state index is 12.8. The highest BCUT2D eigenvalue weighted by Gasteiger charge is 2.41. The van der Waals surface area contributed by atoms with Crippen LogP contribution in [0.25, 0.3) is 0 Å². The maximum Gasteiger partial charge on any atom is 0.475 e. The molecule has 2 saturated heterocycles. The number of nitrogens with one attached hydrogen (secondary N) is 1. The van der Waals surface area contributed by atoms with Crippen molar-refractivity contribution in [3.8, 4) is 0 Å². The fourth-order valence-electron chi connectivity index (χ4n) is 3.65. The molecule has 160 valence electrons. The van der Waals surface area contributed by atoms with E-state index in [1.807, 2.05) is 0 Å². The molecule has 1 amide bonds. The summed E-state index contributed by atoms with van der Waals surface area (Å²) in [6, 6.07) is 2.32. The summed E-state index contributed by atoms with van der Waals surface area (Å²) >= 11 is 0. The highest BCUT2D eigenvalue weighted by atomic mass is 32.2. The van der Waals surface area contributed by atoms with Gasteiger partial charge in [0.1, 0.15) is 6.04 Å². The summed E-state index contributed by atoms with van der Waals surface area (Å²) in [5, 5.41) is 21.8. The van der Waals surface area contributed by atoms with Gasteiger partial charge in [-0.15, -0.1) is 0 Å². The van der Waals surface area contributed by atoms with E-state index in [9.17, 15) is 36.4 Å². The van der Waals surface area contributed by atoms with Gasteiger partial charge in [-0.25, -0.2) is 8.42 Å². The van der Waals surface area contributed by atoms with Gasteiger partial charge in [0, 0.05) is 26.2 Å². The van der Waals surface area contributed by atoms with Crippen LogP contribution in [0.4, 0.5) is 13.2 Å². The van der Waals surface area contributed by atoms with E-state index < -0.39 is 46.8 Å². The summed E-state index contributed by atoms with van der Waals surface area (Å²) in [7, 11) is -5.77. The normalized spacial score (nSPS) is 24.0. The van der Waals surface area contributed by atoms with Crippen LogP contribution in [0.3, 0.4) is 0 Å². The Morgan fingerprint density at radius 2 is 1.83 bits per heavy atom. The zero-order chi connectivity index (χ0) is 21.4. The lowest BCUT2D eigenvalue weighted by molar-refractivity contribution is -0.137. The van der Waals surface area contributed by atoms with Crippen LogP contribution in [0.5, 0.6) is 0 Å². The third-order valence-electron chi connectivity index (χ3n) is 5.18. The van der Waals surface area contributed by atoms with E-state index in [2.05, 4.69) is 5.32 Å². The zero-order valence-corrected chi connectivity index (χ0v) is 16.2. The first kappa shape index (κ1) is 22.0. The van der Waals surface area contributed by atoms with Gasteiger partial charge in [-0.1, -0.05) is 0 Å². The van der Waals surface area contributed by atoms with Gasteiger partial charge < -0.3 is 20.3 Å². The Labute approximate surface area is 166 Å². The van der Waals surface area contributed by atoms with Crippen molar-refractivity contribution in [3.63, 3.8) is 0 Å². The predicted molar refractivity (Wildman–Crippen MR) is 96.9 cm³/mol. The second-order valence-corrected chi connectivity index (χ2v) is 8.98. The van der Waals surface area contributed by atoms with E-state index in [1.54, 1.807) is 0 Å². The number of carbonyl (C=O) groups is 1. The van der Waals surface area contributed by atoms with E-state index >= 15 is 0 Å². The van der Waals surface area contributed by atoms with E-state index in [1.165, 1.54) is 4.90 Å². The molecule has 2 aliphatic rings. The van der Waals surface area contributed by atoms with Gasteiger partial charge >= 0.3 is 13.3 Å². The SMILES string of the molecule is O=C([C@H]1CN(S(=O)(=O)c2ccc(C(F)(F)F)cc2)CCN1)N1CCC[C@H]1B(O)O. The molecule has 3 rings (SSSR count). The number of likely N-dealkylation sites (tertiary alicyclic amines) is 1. The molecule has 8 nitrogen and oxygen atoms in total. The molecule has 0 bridgehead atoms. The summed E-state index contributed by atoms with van der Waals surface area (Å²) in [4.78, 5) is 13.8. The summed E-state index contributed by atoms with van der Waals surface area (Å²) in [6.07, 6.45) is -3.53. The Hall–Kier alpha value is -1.67. The first-order chi connectivity index (χ1) is 13.5. The highest BCUT2D eigenvalue weighted by molar-refractivity contribution is 7.89. The number of halogens is 3. The molecular formula is C16H21BF3N3O5S. The number of hydrogen-bond donors (Lipinski definition) is 3. The van der Waals surface area contributed by atoms with E-state index in [0.29, 0.717) is 31.5 Å². The first-order valence-electron chi connectivity index (χ1n) is 9.09. The van der Waals surface area contributed by atoms with Gasteiger partial charge in [0.05, 0.1) is 16.4 Å². The van der Waals surface area contributed by atoms with Crippen molar-refractivity contribution in [1.82, 2.24) is 14.5 Å². The fourth-order valence-corrected chi connectivity index (χ4v) is 5.10. The van der Waals surface area contributed by atoms with Crippen LogP contribution in [0.2, 0.25) is 0 Å². The third kappa shape index (κ3) is 4.58. The molecule has 29 heavy (non-hydrogen) atoms. The van der Waals surface area contributed by atoms with Crippen molar-refractivity contribution < 1.29 is 36.4 Å². The molecule has 2 heterocycles. The number of nitrogens with zero attached hydrogens (tertiary/aromatic N) is 2. The van der Waals surface area contributed by atoms with Crippen molar-refractivity contribution in [1.29, 1.82) is 0 Å². The molecule has 1 aromatic rings. The van der Waals surface area contributed by atoms with Gasteiger partial charge in [-0.05, 0) is 37.1 Å². The van der Waals surface area contributed by atoms with E-state index in [-0.39, 0.29) is 24.5 Å². The Morgan fingerprint density at radius 1 is 1.17 bits per heavy atom. The summed E-state index contributed by atoms with van der Waals surface area (Å²) in [5.41, 5.74) is -0.951. The average molecular weight is 435 g/mol. The van der Waals surface area contributed by atoms with Crippen LogP contribution in [-0.4, -0.2) is 78.9 Å². The predicted octanol–water partition coefficient (Wildman–Crippen LogP) is -0.329. The van der Waals surface area contributed by atoms with Crippen LogP contribution in [0.1, 0.15) is 18.4 Å². The topological polar surface area (TPSA) is 110 Å². The van der Waals surface area contributed by atoms with Crippen molar-refractivity contribution in [3.05, 3.63) is 29.8 Å². The Kier molecular flexibility index (Phi) is 6.25. The standard InChI is InChI=1S/C16H21BF3N3O5S/c18-16(19,20)11-3-5-12(6-4-11)29(27,28)22-9-7-21-13(10-22)15(24)23-8-1-2-14(23)17(25)26/h3-6,13-14,21,25-26H,1-2,7-10H2/t13-,14+/m1/s1. The molecule has 2 atom stereocenters. The summed E-state index contributed by atoms with van der Waals surface area (Å²) in [5.74, 6) is -1.18. The molecule has 13 heteroatoms. The number of rotatable bonds is 4. The monoisotopic (exact) mass is 435 g/mol. The minimum atomic E-state index is -4.57. The van der Waals surface area contributed by atoms with Crippen molar-refractivity contribution in [2.75, 3.05) is 26.2 Å². The molecule has 2 aliphatic heterocycles. The van der Waals surface area contributed by atoms with Crippen molar-refractivity contribution >= 4 is 23.0 Å². The average Bonchev–Trinajstić information content (AvgIpc) is 3.17. The van der Waals surface area contributed by atoms with E-state index in [4.69, 9.17) is 0 Å². The lowest BCUT2D eigenvalue weighted by atomic mass is 9.77. The smallest absolute Gasteiger partial charge is 0.426 e. The highest BCUT2D eigenvalue weighted by Crippen LogP contribution is 2.30. The van der Waals surface area contributed by atoms with Crippen molar-refractivity contribution in [2.45, 2.75) is 35.9 Å². The van der Waals surface area contributed by atoms with Gasteiger partial charge in [-0.3, -0.25) is 4.79 Å². The van der Waals surface area contributed by atoms with Gasteiger partial charge in [0.15, 0.2) is 0 Å². The number of carbonyl (C=O) groups excluding carboxylic acids is 1.